The summed E-state index contributed by atoms with van der Waals surface area (Å²) in [4.78, 5) is 12.3. The number of anilines is 1. The number of fused-ring (bicyclic) bond motifs is 1. The van der Waals surface area contributed by atoms with Gasteiger partial charge < -0.3 is 10.6 Å². The number of benzene rings is 2. The lowest BCUT2D eigenvalue weighted by Gasteiger charge is -2.20. The summed E-state index contributed by atoms with van der Waals surface area (Å²) < 4.78 is 0. The Hall–Kier alpha value is -1.84. The molecule has 1 aliphatic heterocycles. The number of halogens is 1. The molecule has 0 aliphatic carbocycles. The fraction of sp³-hybridized carbons (Fsp3) is 0.188. The molecule has 0 radical (unpaired) electrons. The van der Waals surface area contributed by atoms with Gasteiger partial charge in [-0.25, -0.2) is 0 Å². The van der Waals surface area contributed by atoms with Gasteiger partial charge in [0.1, 0.15) is 0 Å². The fourth-order valence-electron chi connectivity index (χ4n) is 2.47. The SMILES string of the molecule is O=C(Nc1cccc2c1CNCC2)c1ccccc1Cl. The third-order valence-corrected chi connectivity index (χ3v) is 3.84. The number of carbonyl (C=O) groups excluding carboxylic acids is 1. The van der Waals surface area contributed by atoms with Crippen molar-refractivity contribution in [1.82, 2.24) is 5.32 Å². The third-order valence-electron chi connectivity index (χ3n) is 3.51. The van der Waals surface area contributed by atoms with Crippen LogP contribution in [0.15, 0.2) is 42.5 Å². The van der Waals surface area contributed by atoms with Crippen molar-refractivity contribution in [1.29, 1.82) is 0 Å². The number of nitrogens with one attached hydrogen (secondary N) is 2. The van der Waals surface area contributed by atoms with Gasteiger partial charge >= 0.3 is 0 Å². The Labute approximate surface area is 123 Å². The van der Waals surface area contributed by atoms with E-state index < -0.39 is 0 Å². The van der Waals surface area contributed by atoms with Crippen molar-refractivity contribution in [2.45, 2.75) is 13.0 Å². The van der Waals surface area contributed by atoms with Crippen molar-refractivity contribution in [3.63, 3.8) is 0 Å². The lowest BCUT2D eigenvalue weighted by Crippen LogP contribution is -2.25. The highest BCUT2D eigenvalue weighted by molar-refractivity contribution is 6.34. The minimum atomic E-state index is -0.172. The molecule has 1 heterocycles. The van der Waals surface area contributed by atoms with E-state index in [2.05, 4.69) is 16.7 Å². The summed E-state index contributed by atoms with van der Waals surface area (Å²) in [5, 5.41) is 6.76. The Kier molecular flexibility index (Phi) is 3.72. The van der Waals surface area contributed by atoms with Crippen LogP contribution in [0.2, 0.25) is 5.02 Å². The summed E-state index contributed by atoms with van der Waals surface area (Å²) in [6, 6.07) is 13.1. The predicted molar refractivity (Wildman–Crippen MR) is 81.3 cm³/mol. The first-order valence-electron chi connectivity index (χ1n) is 6.63. The zero-order valence-corrected chi connectivity index (χ0v) is 11.7. The van der Waals surface area contributed by atoms with E-state index in [4.69, 9.17) is 11.6 Å². The minimum absolute atomic E-state index is 0.172. The van der Waals surface area contributed by atoms with Gasteiger partial charge in [-0.05, 0) is 42.3 Å². The van der Waals surface area contributed by atoms with Crippen molar-refractivity contribution in [3.05, 3.63) is 64.2 Å². The standard InChI is InChI=1S/C16H15ClN2O/c17-14-6-2-1-5-12(14)16(20)19-15-7-3-4-11-8-9-18-10-13(11)15/h1-7,18H,8-10H2,(H,19,20). The summed E-state index contributed by atoms with van der Waals surface area (Å²) in [5.74, 6) is -0.172. The van der Waals surface area contributed by atoms with Gasteiger partial charge in [0, 0.05) is 12.2 Å². The van der Waals surface area contributed by atoms with Gasteiger partial charge in [-0.2, -0.15) is 0 Å². The molecule has 2 N–H and O–H groups in total. The zero-order chi connectivity index (χ0) is 13.9. The average Bonchev–Trinajstić information content (AvgIpc) is 2.48. The molecule has 0 spiro atoms. The van der Waals surface area contributed by atoms with Crippen molar-refractivity contribution in [2.24, 2.45) is 0 Å². The maximum absolute atomic E-state index is 12.3. The molecule has 20 heavy (non-hydrogen) atoms. The van der Waals surface area contributed by atoms with Gasteiger partial charge in [-0.1, -0.05) is 35.9 Å². The van der Waals surface area contributed by atoms with Gasteiger partial charge in [-0.3, -0.25) is 4.79 Å². The highest BCUT2D eigenvalue weighted by Gasteiger charge is 2.15. The quantitative estimate of drug-likeness (QED) is 0.890. The number of carbonyl (C=O) groups is 1. The molecule has 102 valence electrons. The fourth-order valence-corrected chi connectivity index (χ4v) is 2.69. The van der Waals surface area contributed by atoms with Crippen molar-refractivity contribution in [3.8, 4) is 0 Å². The third kappa shape index (κ3) is 2.55. The molecule has 0 bridgehead atoms. The molecule has 0 saturated heterocycles. The Bertz CT molecular complexity index is 655. The molecular formula is C16H15ClN2O. The second kappa shape index (κ2) is 5.65. The van der Waals surface area contributed by atoms with E-state index in [-0.39, 0.29) is 5.91 Å². The molecule has 3 nitrogen and oxygen atoms in total. The number of rotatable bonds is 2. The van der Waals surface area contributed by atoms with Gasteiger partial charge in [-0.15, -0.1) is 0 Å². The molecular weight excluding hydrogens is 272 g/mol. The van der Waals surface area contributed by atoms with E-state index in [1.165, 1.54) is 11.1 Å². The molecule has 0 aromatic heterocycles. The Morgan fingerprint density at radius 3 is 2.85 bits per heavy atom. The van der Waals surface area contributed by atoms with E-state index in [0.717, 1.165) is 25.2 Å². The van der Waals surface area contributed by atoms with Crippen molar-refractivity contribution in [2.75, 3.05) is 11.9 Å². The molecule has 1 aliphatic rings. The summed E-state index contributed by atoms with van der Waals surface area (Å²) in [7, 11) is 0. The summed E-state index contributed by atoms with van der Waals surface area (Å²) in [5.41, 5.74) is 3.81. The highest BCUT2D eigenvalue weighted by atomic mass is 35.5. The Balaban J connectivity index is 1.89. The molecule has 2 aromatic carbocycles. The topological polar surface area (TPSA) is 41.1 Å². The lowest BCUT2D eigenvalue weighted by atomic mass is 9.99. The summed E-state index contributed by atoms with van der Waals surface area (Å²) in [6.45, 7) is 1.77. The average molecular weight is 287 g/mol. The van der Waals surface area contributed by atoms with Crippen LogP contribution in [0.4, 0.5) is 5.69 Å². The van der Waals surface area contributed by atoms with Gasteiger partial charge in [0.2, 0.25) is 0 Å². The van der Waals surface area contributed by atoms with Gasteiger partial charge in [0.15, 0.2) is 0 Å². The molecule has 0 atom stereocenters. The number of amides is 1. The first-order chi connectivity index (χ1) is 9.75. The summed E-state index contributed by atoms with van der Waals surface area (Å²) >= 11 is 6.06. The van der Waals surface area contributed by atoms with Crippen molar-refractivity contribution < 1.29 is 4.79 Å². The first-order valence-corrected chi connectivity index (χ1v) is 7.01. The van der Waals surface area contributed by atoms with Crippen LogP contribution >= 0.6 is 11.6 Å². The van der Waals surface area contributed by atoms with E-state index in [1.807, 2.05) is 24.3 Å². The number of hydrogen-bond acceptors (Lipinski definition) is 2. The van der Waals surface area contributed by atoms with Crippen LogP contribution in [0, 0.1) is 0 Å². The lowest BCUT2D eigenvalue weighted by molar-refractivity contribution is 0.102. The summed E-state index contributed by atoms with van der Waals surface area (Å²) in [6.07, 6.45) is 0.991. The molecule has 3 rings (SSSR count). The zero-order valence-electron chi connectivity index (χ0n) is 10.9. The normalized spacial score (nSPS) is 13.7. The van der Waals surface area contributed by atoms with Gasteiger partial charge in [0.05, 0.1) is 10.6 Å². The Morgan fingerprint density at radius 1 is 1.15 bits per heavy atom. The van der Waals surface area contributed by atoms with Crippen LogP contribution in [-0.2, 0) is 13.0 Å². The van der Waals surface area contributed by atoms with E-state index in [1.54, 1.807) is 12.1 Å². The molecule has 0 fully saturated rings. The van der Waals surface area contributed by atoms with Crippen molar-refractivity contribution >= 4 is 23.2 Å². The molecule has 0 unspecified atom stereocenters. The Morgan fingerprint density at radius 2 is 2.00 bits per heavy atom. The van der Waals surface area contributed by atoms with Crippen LogP contribution in [0.25, 0.3) is 0 Å². The maximum Gasteiger partial charge on any atom is 0.257 e. The predicted octanol–water partition coefficient (Wildman–Crippen LogP) is 3.24. The van der Waals surface area contributed by atoms with Crippen LogP contribution in [0.5, 0.6) is 0 Å². The minimum Gasteiger partial charge on any atom is -0.322 e. The monoisotopic (exact) mass is 286 g/mol. The van der Waals surface area contributed by atoms with Crippen LogP contribution < -0.4 is 10.6 Å². The largest absolute Gasteiger partial charge is 0.322 e. The van der Waals surface area contributed by atoms with Crippen LogP contribution in [-0.4, -0.2) is 12.5 Å². The second-order valence-corrected chi connectivity index (χ2v) is 5.21. The first kappa shape index (κ1) is 13.2. The smallest absolute Gasteiger partial charge is 0.257 e. The second-order valence-electron chi connectivity index (χ2n) is 4.80. The molecule has 4 heteroatoms. The molecule has 1 amide bonds. The number of hydrogen-bond donors (Lipinski definition) is 2. The van der Waals surface area contributed by atoms with E-state index in [0.29, 0.717) is 10.6 Å². The van der Waals surface area contributed by atoms with E-state index >= 15 is 0 Å². The van der Waals surface area contributed by atoms with Crippen LogP contribution in [0.1, 0.15) is 21.5 Å². The maximum atomic E-state index is 12.3. The molecule has 2 aromatic rings. The molecule has 0 saturated carbocycles. The van der Waals surface area contributed by atoms with Crippen LogP contribution in [0.3, 0.4) is 0 Å². The van der Waals surface area contributed by atoms with E-state index in [9.17, 15) is 4.79 Å². The highest BCUT2D eigenvalue weighted by Crippen LogP contribution is 2.24. The van der Waals surface area contributed by atoms with Gasteiger partial charge in [0.25, 0.3) is 5.91 Å².